The predicted octanol–water partition coefficient (Wildman–Crippen LogP) is 22.9. The third-order valence-corrected chi connectivity index (χ3v) is 13.5. The van der Waals surface area contributed by atoms with E-state index in [9.17, 15) is 14.4 Å². The van der Waals surface area contributed by atoms with E-state index in [1.807, 2.05) is 0 Å². The van der Waals surface area contributed by atoms with Gasteiger partial charge in [0.05, 0.1) is 0 Å². The van der Waals surface area contributed by atoms with Crippen molar-refractivity contribution < 1.29 is 28.6 Å². The zero-order valence-corrected chi connectivity index (χ0v) is 52.2. The quantitative estimate of drug-likeness (QED) is 0.0261. The molecule has 0 N–H and O–H groups in total. The van der Waals surface area contributed by atoms with Crippen LogP contribution in [0.4, 0.5) is 0 Å². The molecule has 0 radical (unpaired) electrons. The molecule has 0 aliphatic carbocycles. The normalized spacial score (nSPS) is 13.2. The van der Waals surface area contributed by atoms with E-state index in [2.05, 4.69) is 179 Å². The van der Waals surface area contributed by atoms with Crippen LogP contribution in [0, 0.1) is 0 Å². The summed E-state index contributed by atoms with van der Waals surface area (Å²) < 4.78 is 16.9. The summed E-state index contributed by atoms with van der Waals surface area (Å²) in [5.74, 6) is -0.938. The second-order valence-electron chi connectivity index (χ2n) is 21.2. The van der Waals surface area contributed by atoms with Crippen molar-refractivity contribution in [3.05, 3.63) is 158 Å². The second-order valence-corrected chi connectivity index (χ2v) is 21.2. The number of hydrogen-bond acceptors (Lipinski definition) is 6. The number of allylic oxidation sites excluding steroid dienone is 26. The molecule has 456 valence electrons. The molecular weight excluding hydrogens is 997 g/mol. The summed E-state index contributed by atoms with van der Waals surface area (Å²) in [5.41, 5.74) is 0. The lowest BCUT2D eigenvalue weighted by Crippen LogP contribution is -2.30. The van der Waals surface area contributed by atoms with E-state index < -0.39 is 6.10 Å². The van der Waals surface area contributed by atoms with Crippen molar-refractivity contribution >= 4 is 17.9 Å². The molecule has 0 aliphatic rings. The molecule has 0 saturated carbocycles. The van der Waals surface area contributed by atoms with Crippen molar-refractivity contribution in [1.29, 1.82) is 0 Å². The largest absolute Gasteiger partial charge is 0.462 e. The maximum Gasteiger partial charge on any atom is 0.306 e. The van der Waals surface area contributed by atoms with Gasteiger partial charge in [0, 0.05) is 19.3 Å². The molecule has 0 rings (SSSR count). The van der Waals surface area contributed by atoms with Crippen LogP contribution in [0.3, 0.4) is 0 Å². The summed E-state index contributed by atoms with van der Waals surface area (Å²) in [6.07, 6.45) is 98.1. The number of unbranched alkanes of at least 4 members (excludes halogenated alkanes) is 21. The number of esters is 3. The summed E-state index contributed by atoms with van der Waals surface area (Å²) in [6, 6.07) is 0. The predicted molar refractivity (Wildman–Crippen MR) is 352 cm³/mol. The van der Waals surface area contributed by atoms with E-state index in [1.54, 1.807) is 0 Å². The van der Waals surface area contributed by atoms with E-state index in [4.69, 9.17) is 14.2 Å². The zero-order valence-electron chi connectivity index (χ0n) is 52.2. The van der Waals surface area contributed by atoms with E-state index in [0.717, 1.165) is 161 Å². The van der Waals surface area contributed by atoms with Gasteiger partial charge in [-0.1, -0.05) is 275 Å². The summed E-state index contributed by atoms with van der Waals surface area (Å²) >= 11 is 0. The lowest BCUT2D eigenvalue weighted by atomic mass is 10.0. The van der Waals surface area contributed by atoms with Crippen LogP contribution >= 0.6 is 0 Å². The third kappa shape index (κ3) is 65.7. The summed E-state index contributed by atoms with van der Waals surface area (Å²) in [7, 11) is 0. The molecule has 0 fully saturated rings. The van der Waals surface area contributed by atoms with Gasteiger partial charge in [0.15, 0.2) is 6.10 Å². The first-order valence-corrected chi connectivity index (χ1v) is 33.0. The Morgan fingerprint density at radius 3 is 0.691 bits per heavy atom. The number of hydrogen-bond donors (Lipinski definition) is 0. The van der Waals surface area contributed by atoms with E-state index in [1.165, 1.54) is 77.0 Å². The maximum atomic E-state index is 13.0. The van der Waals surface area contributed by atoms with Crippen LogP contribution in [0.1, 0.15) is 278 Å². The van der Waals surface area contributed by atoms with Gasteiger partial charge in [0.25, 0.3) is 0 Å². The minimum atomic E-state index is -0.806. The van der Waals surface area contributed by atoms with Crippen LogP contribution in [0.25, 0.3) is 0 Å². The Morgan fingerprint density at radius 2 is 0.444 bits per heavy atom. The molecule has 0 bridgehead atoms. The monoisotopic (exact) mass is 1120 g/mol. The van der Waals surface area contributed by atoms with Crippen molar-refractivity contribution in [2.45, 2.75) is 284 Å². The van der Waals surface area contributed by atoms with Gasteiger partial charge in [-0.15, -0.1) is 0 Å². The van der Waals surface area contributed by atoms with Crippen molar-refractivity contribution in [3.63, 3.8) is 0 Å². The standard InChI is InChI=1S/C75H120O6/c1-4-7-10-13-16-19-22-25-28-31-33-35-37-39-41-44-47-50-53-56-59-62-65-68-74(77)80-71-72(70-79-73(76)67-64-61-58-55-52-49-46-43-30-27-24-21-18-15-12-9-6-3)81-75(78)69-66-63-60-57-54-51-48-45-42-40-38-36-34-32-29-26-23-20-17-14-11-8-5-2/h7-12,16-21,25-30,33-36,39,41,46,49,72H,4-6,13-15,22-24,31-32,37-38,40,42-45,47-48,50-71H2,1-3H3/b10-7-,11-8-,12-9-,19-16-,20-17-,21-18-,28-25-,29-26-,30-27-,35-33-,36-34-,41-39-,49-46-. The topological polar surface area (TPSA) is 78.9 Å². The number of rotatable bonds is 58. The first-order valence-electron chi connectivity index (χ1n) is 33.0. The van der Waals surface area contributed by atoms with Gasteiger partial charge in [-0.25, -0.2) is 0 Å². The van der Waals surface area contributed by atoms with Gasteiger partial charge in [-0.3, -0.25) is 14.4 Å². The molecule has 1 atom stereocenters. The number of carbonyl (C=O) groups is 3. The molecule has 0 aromatic heterocycles. The Bertz CT molecular complexity index is 1810. The molecule has 0 spiro atoms. The summed E-state index contributed by atoms with van der Waals surface area (Å²) in [5, 5.41) is 0. The molecule has 0 aromatic rings. The fourth-order valence-electron chi connectivity index (χ4n) is 8.69. The van der Waals surface area contributed by atoms with Crippen LogP contribution in [-0.2, 0) is 28.6 Å². The smallest absolute Gasteiger partial charge is 0.306 e. The fraction of sp³-hybridized carbons (Fsp3) is 0.613. The Kier molecular flexibility index (Phi) is 63.4. The van der Waals surface area contributed by atoms with Crippen LogP contribution in [0.15, 0.2) is 158 Å². The molecule has 81 heavy (non-hydrogen) atoms. The first-order chi connectivity index (χ1) is 40.0. The van der Waals surface area contributed by atoms with Gasteiger partial charge in [-0.2, -0.15) is 0 Å². The Balaban J connectivity index is 4.47. The lowest BCUT2D eigenvalue weighted by molar-refractivity contribution is -0.167. The van der Waals surface area contributed by atoms with Gasteiger partial charge < -0.3 is 14.2 Å². The third-order valence-electron chi connectivity index (χ3n) is 13.5. The second kappa shape index (κ2) is 67.5. The lowest BCUT2D eigenvalue weighted by Gasteiger charge is -2.18. The van der Waals surface area contributed by atoms with Crippen LogP contribution in [0.5, 0.6) is 0 Å². The minimum absolute atomic E-state index is 0.0997. The maximum absolute atomic E-state index is 13.0. The Hall–Kier alpha value is -4.97. The van der Waals surface area contributed by atoms with E-state index >= 15 is 0 Å². The Labute approximate surface area is 499 Å². The van der Waals surface area contributed by atoms with Crippen LogP contribution in [-0.4, -0.2) is 37.2 Å². The molecule has 0 amide bonds. The number of ether oxygens (including phenoxy) is 3. The fourth-order valence-corrected chi connectivity index (χ4v) is 8.69. The number of carbonyl (C=O) groups excluding carboxylic acids is 3. The summed E-state index contributed by atoms with van der Waals surface area (Å²) in [4.78, 5) is 38.4. The molecular formula is C75H120O6. The SMILES string of the molecule is CC/C=C\C/C=C\C/C=C\C/C=C\C/C=C\CCCCCCCCCC(=O)OCC(COC(=O)CCCCCC/C=C\C/C=C\C/C=C\C/C=C\CC)OC(=O)CCCCCCCCCCCC/C=C\C/C=C\C/C=C\C/C=C\CC. The van der Waals surface area contributed by atoms with Crippen molar-refractivity contribution in [2.75, 3.05) is 13.2 Å². The van der Waals surface area contributed by atoms with Crippen LogP contribution < -0.4 is 0 Å². The highest BCUT2D eigenvalue weighted by Crippen LogP contribution is 2.15. The molecule has 6 heteroatoms. The molecule has 0 heterocycles. The molecule has 1 unspecified atom stereocenters. The average molecular weight is 1120 g/mol. The van der Waals surface area contributed by atoms with Gasteiger partial charge in [-0.05, 0) is 141 Å². The van der Waals surface area contributed by atoms with Gasteiger partial charge in [0.2, 0.25) is 0 Å². The van der Waals surface area contributed by atoms with E-state index in [0.29, 0.717) is 19.3 Å². The molecule has 0 aromatic carbocycles. The first kappa shape index (κ1) is 76.0. The van der Waals surface area contributed by atoms with Crippen molar-refractivity contribution in [1.82, 2.24) is 0 Å². The van der Waals surface area contributed by atoms with Crippen molar-refractivity contribution in [3.8, 4) is 0 Å². The highest BCUT2D eigenvalue weighted by molar-refractivity contribution is 5.71. The van der Waals surface area contributed by atoms with Gasteiger partial charge >= 0.3 is 17.9 Å². The summed E-state index contributed by atoms with van der Waals surface area (Å²) in [6.45, 7) is 6.28. The zero-order chi connectivity index (χ0) is 58.5. The average Bonchev–Trinajstić information content (AvgIpc) is 3.47. The molecule has 0 aliphatic heterocycles. The Morgan fingerprint density at radius 1 is 0.247 bits per heavy atom. The van der Waals surface area contributed by atoms with Gasteiger partial charge in [0.1, 0.15) is 13.2 Å². The van der Waals surface area contributed by atoms with Crippen LogP contribution in [0.2, 0.25) is 0 Å². The molecule has 0 saturated heterocycles. The highest BCUT2D eigenvalue weighted by atomic mass is 16.6. The van der Waals surface area contributed by atoms with Crippen molar-refractivity contribution in [2.24, 2.45) is 0 Å². The minimum Gasteiger partial charge on any atom is -0.462 e. The molecule has 6 nitrogen and oxygen atoms in total. The highest BCUT2D eigenvalue weighted by Gasteiger charge is 2.19. The van der Waals surface area contributed by atoms with E-state index in [-0.39, 0.29) is 31.1 Å².